The molecule has 0 fully saturated rings. The lowest BCUT2D eigenvalue weighted by Gasteiger charge is -2.25. The second-order valence-corrected chi connectivity index (χ2v) is 6.04. The summed E-state index contributed by atoms with van der Waals surface area (Å²) < 4.78 is 5.27. The Kier molecular flexibility index (Phi) is 3.91. The van der Waals surface area contributed by atoms with Gasteiger partial charge < -0.3 is 4.74 Å². The Balaban J connectivity index is 1.76. The molecule has 1 aliphatic carbocycles. The van der Waals surface area contributed by atoms with Crippen LogP contribution in [0.4, 0.5) is 5.69 Å². The zero-order chi connectivity index (χ0) is 16.4. The van der Waals surface area contributed by atoms with Gasteiger partial charge in [-0.25, -0.2) is 0 Å². The van der Waals surface area contributed by atoms with E-state index in [1.807, 2.05) is 18.2 Å². The van der Waals surface area contributed by atoms with Gasteiger partial charge in [0.25, 0.3) is 0 Å². The first-order valence-corrected chi connectivity index (χ1v) is 8.27. The van der Waals surface area contributed by atoms with E-state index in [9.17, 15) is 0 Å². The second kappa shape index (κ2) is 6.36. The number of nitrogens with zero attached hydrogens (tertiary/aromatic N) is 2. The Morgan fingerprint density at radius 2 is 1.79 bits per heavy atom. The molecule has 0 saturated carbocycles. The highest BCUT2D eigenvalue weighted by Crippen LogP contribution is 2.34. The number of methoxy groups -OCH3 is 1. The fourth-order valence-corrected chi connectivity index (χ4v) is 3.38. The van der Waals surface area contributed by atoms with Crippen LogP contribution in [0, 0.1) is 5.92 Å². The van der Waals surface area contributed by atoms with Crippen LogP contribution < -0.4 is 9.75 Å². The molecule has 0 saturated heterocycles. The van der Waals surface area contributed by atoms with Crippen molar-refractivity contribution in [2.24, 2.45) is 11.0 Å². The van der Waals surface area contributed by atoms with Gasteiger partial charge in [-0.15, -0.1) is 0 Å². The van der Waals surface area contributed by atoms with Crippen molar-refractivity contribution >= 4 is 11.4 Å². The number of benzene rings is 2. The van der Waals surface area contributed by atoms with Crippen molar-refractivity contribution in [3.63, 3.8) is 0 Å². The van der Waals surface area contributed by atoms with Gasteiger partial charge in [-0.3, -0.25) is 5.01 Å². The number of hydrazone groups is 1. The highest BCUT2D eigenvalue weighted by molar-refractivity contribution is 6.06. The summed E-state index contributed by atoms with van der Waals surface area (Å²) in [5.41, 5.74) is 3.40. The van der Waals surface area contributed by atoms with E-state index in [2.05, 4.69) is 65.7 Å². The predicted molar refractivity (Wildman–Crippen MR) is 98.6 cm³/mol. The molecule has 0 spiro atoms. The molecule has 2 aromatic carbocycles. The van der Waals surface area contributed by atoms with Crippen LogP contribution in [0.3, 0.4) is 0 Å². The minimum absolute atomic E-state index is 0.286. The lowest BCUT2D eigenvalue weighted by Crippen LogP contribution is -2.31. The number of hydrogen-bond donors (Lipinski definition) is 0. The second-order valence-electron chi connectivity index (χ2n) is 6.04. The standard InChI is InChI=1S/C21H20N2O/c1-24-18-14-12-16(13-15-18)21-19-10-6-3-7-11-20(19)23(22-21)17-8-4-2-5-9-17/h2-10,12-15,19-20H,11H2,1H3/t19-,20+/m0/s1. The van der Waals surface area contributed by atoms with Crippen molar-refractivity contribution in [1.82, 2.24) is 0 Å². The summed E-state index contributed by atoms with van der Waals surface area (Å²) in [6.07, 6.45) is 9.74. The normalized spacial score (nSPS) is 22.0. The Labute approximate surface area is 142 Å². The van der Waals surface area contributed by atoms with E-state index in [0.717, 1.165) is 29.1 Å². The first-order chi connectivity index (χ1) is 11.9. The largest absolute Gasteiger partial charge is 0.497 e. The van der Waals surface area contributed by atoms with Gasteiger partial charge in [0.1, 0.15) is 5.75 Å². The molecule has 4 rings (SSSR count). The summed E-state index contributed by atoms with van der Waals surface area (Å²) in [7, 11) is 1.69. The Morgan fingerprint density at radius 1 is 1.00 bits per heavy atom. The van der Waals surface area contributed by atoms with E-state index in [0.29, 0.717) is 6.04 Å². The first-order valence-electron chi connectivity index (χ1n) is 8.27. The van der Waals surface area contributed by atoms with E-state index in [4.69, 9.17) is 9.84 Å². The molecular formula is C21H20N2O. The van der Waals surface area contributed by atoms with E-state index < -0.39 is 0 Å². The van der Waals surface area contributed by atoms with Gasteiger partial charge in [0, 0.05) is 5.92 Å². The lowest BCUT2D eigenvalue weighted by atomic mass is 9.89. The number of para-hydroxylation sites is 1. The van der Waals surface area contributed by atoms with Crippen LogP contribution in [-0.2, 0) is 0 Å². The number of ether oxygens (including phenoxy) is 1. The smallest absolute Gasteiger partial charge is 0.118 e. The highest BCUT2D eigenvalue weighted by atomic mass is 16.5. The number of rotatable bonds is 3. The minimum atomic E-state index is 0.286. The maximum Gasteiger partial charge on any atom is 0.118 e. The summed E-state index contributed by atoms with van der Waals surface area (Å²) in [6.45, 7) is 0. The topological polar surface area (TPSA) is 24.8 Å². The third-order valence-electron chi connectivity index (χ3n) is 4.61. The van der Waals surface area contributed by atoms with Gasteiger partial charge in [0.2, 0.25) is 0 Å². The average Bonchev–Trinajstić information content (AvgIpc) is 2.84. The molecule has 0 unspecified atom stereocenters. The molecule has 24 heavy (non-hydrogen) atoms. The van der Waals surface area contributed by atoms with E-state index in [1.165, 1.54) is 0 Å². The lowest BCUT2D eigenvalue weighted by molar-refractivity contribution is 0.415. The van der Waals surface area contributed by atoms with Gasteiger partial charge in [-0.2, -0.15) is 5.10 Å². The molecule has 0 bridgehead atoms. The van der Waals surface area contributed by atoms with Crippen LogP contribution >= 0.6 is 0 Å². The number of hydrogen-bond acceptors (Lipinski definition) is 3. The molecule has 2 aliphatic rings. The highest BCUT2D eigenvalue weighted by Gasteiger charge is 2.36. The average molecular weight is 316 g/mol. The Bertz CT molecular complexity index is 790. The minimum Gasteiger partial charge on any atom is -0.497 e. The third kappa shape index (κ3) is 2.62. The molecule has 2 aromatic rings. The fourth-order valence-electron chi connectivity index (χ4n) is 3.38. The molecule has 0 radical (unpaired) electrons. The van der Waals surface area contributed by atoms with Gasteiger partial charge in [0.15, 0.2) is 0 Å². The number of anilines is 1. The molecule has 3 heteroatoms. The SMILES string of the molecule is COc1ccc(C2=NN(c3ccccc3)[C@@H]3CC=CC=C[C@H]23)cc1. The zero-order valence-corrected chi connectivity index (χ0v) is 13.7. The molecule has 0 amide bonds. The molecule has 0 N–H and O–H groups in total. The summed E-state index contributed by atoms with van der Waals surface area (Å²) in [4.78, 5) is 0. The van der Waals surface area contributed by atoms with Crippen molar-refractivity contribution in [3.8, 4) is 5.75 Å². The summed E-state index contributed by atoms with van der Waals surface area (Å²) in [5, 5.41) is 7.17. The van der Waals surface area contributed by atoms with Gasteiger partial charge in [-0.1, -0.05) is 42.5 Å². The first kappa shape index (κ1) is 14.8. The van der Waals surface area contributed by atoms with Gasteiger partial charge in [0.05, 0.1) is 24.6 Å². The van der Waals surface area contributed by atoms with Crippen LogP contribution in [0.25, 0.3) is 0 Å². The van der Waals surface area contributed by atoms with Gasteiger partial charge >= 0.3 is 0 Å². The Morgan fingerprint density at radius 3 is 2.54 bits per heavy atom. The predicted octanol–water partition coefficient (Wildman–Crippen LogP) is 4.42. The van der Waals surface area contributed by atoms with Crippen LogP contribution in [0.5, 0.6) is 5.75 Å². The van der Waals surface area contributed by atoms with Crippen molar-refractivity contribution in [3.05, 3.63) is 84.5 Å². The molecule has 1 heterocycles. The molecule has 3 nitrogen and oxygen atoms in total. The summed E-state index contributed by atoms with van der Waals surface area (Å²) in [5.74, 6) is 1.15. The van der Waals surface area contributed by atoms with Crippen molar-refractivity contribution < 1.29 is 4.74 Å². The molecule has 0 aromatic heterocycles. The van der Waals surface area contributed by atoms with Crippen LogP contribution in [0.2, 0.25) is 0 Å². The van der Waals surface area contributed by atoms with Crippen molar-refractivity contribution in [1.29, 1.82) is 0 Å². The maximum atomic E-state index is 5.27. The molecule has 2 atom stereocenters. The Hall–Kier alpha value is -2.81. The summed E-state index contributed by atoms with van der Waals surface area (Å²) >= 11 is 0. The van der Waals surface area contributed by atoms with Gasteiger partial charge in [-0.05, 0) is 48.4 Å². The quantitative estimate of drug-likeness (QED) is 0.837. The van der Waals surface area contributed by atoms with E-state index in [1.54, 1.807) is 7.11 Å². The maximum absolute atomic E-state index is 5.27. The van der Waals surface area contributed by atoms with Crippen LogP contribution in [0.1, 0.15) is 12.0 Å². The monoisotopic (exact) mass is 316 g/mol. The fraction of sp³-hybridized carbons (Fsp3) is 0.190. The number of allylic oxidation sites excluding steroid dienone is 2. The molecular weight excluding hydrogens is 296 g/mol. The van der Waals surface area contributed by atoms with E-state index in [-0.39, 0.29) is 5.92 Å². The third-order valence-corrected chi connectivity index (χ3v) is 4.61. The number of fused-ring (bicyclic) bond motifs is 1. The molecule has 120 valence electrons. The molecule has 1 aliphatic heterocycles. The van der Waals surface area contributed by atoms with Crippen molar-refractivity contribution in [2.45, 2.75) is 12.5 Å². The van der Waals surface area contributed by atoms with Crippen molar-refractivity contribution in [2.75, 3.05) is 12.1 Å². The van der Waals surface area contributed by atoms with Crippen LogP contribution in [0.15, 0.2) is 84.0 Å². The van der Waals surface area contributed by atoms with Crippen LogP contribution in [-0.4, -0.2) is 18.9 Å². The summed E-state index contributed by atoms with van der Waals surface area (Å²) in [6, 6.07) is 18.9. The zero-order valence-electron chi connectivity index (χ0n) is 13.7. The van der Waals surface area contributed by atoms with E-state index >= 15 is 0 Å².